The van der Waals surface area contributed by atoms with Crippen LogP contribution in [0.4, 0.5) is 0 Å². The molecule has 0 heterocycles. The number of carbonyl (C=O) groups is 2. The summed E-state index contributed by atoms with van der Waals surface area (Å²) in [7, 11) is 0. The summed E-state index contributed by atoms with van der Waals surface area (Å²) in [5.41, 5.74) is 0.950. The molecule has 0 unspecified atom stereocenters. The monoisotopic (exact) mass is 266 g/mol. The fourth-order valence-corrected chi connectivity index (χ4v) is 1.45. The van der Waals surface area contributed by atoms with Crippen LogP contribution in [0.3, 0.4) is 0 Å². The van der Waals surface area contributed by atoms with E-state index in [1.54, 1.807) is 24.3 Å². The van der Waals surface area contributed by atoms with Gasteiger partial charge in [0.1, 0.15) is 11.9 Å². The number of Topliss-reactive ketones (excluding diaryl/α,β-unsaturated/α-hetero) is 1. The van der Waals surface area contributed by atoms with E-state index in [-0.39, 0.29) is 31.0 Å². The van der Waals surface area contributed by atoms with Crippen molar-refractivity contribution in [3.63, 3.8) is 0 Å². The van der Waals surface area contributed by atoms with Crippen molar-refractivity contribution in [1.82, 2.24) is 0 Å². The Balaban J connectivity index is 2.20. The molecule has 1 aromatic rings. The number of phenols is 1. The molecule has 5 heteroatoms. The van der Waals surface area contributed by atoms with Crippen molar-refractivity contribution in [2.45, 2.75) is 32.3 Å². The van der Waals surface area contributed by atoms with Gasteiger partial charge in [0.2, 0.25) is 0 Å². The first kappa shape index (κ1) is 15.2. The van der Waals surface area contributed by atoms with Crippen molar-refractivity contribution in [1.29, 1.82) is 0 Å². The third-order valence-electron chi connectivity index (χ3n) is 2.63. The van der Waals surface area contributed by atoms with Gasteiger partial charge in [0.15, 0.2) is 5.78 Å². The molecule has 104 valence electrons. The summed E-state index contributed by atoms with van der Waals surface area (Å²) >= 11 is 0. The Morgan fingerprint density at radius 1 is 1.21 bits per heavy atom. The number of ketones is 1. The Morgan fingerprint density at radius 3 is 2.42 bits per heavy atom. The predicted molar refractivity (Wildman–Crippen MR) is 68.7 cm³/mol. The fraction of sp³-hybridized carbons (Fsp3) is 0.429. The second-order valence-electron chi connectivity index (χ2n) is 4.28. The molecule has 0 radical (unpaired) electrons. The van der Waals surface area contributed by atoms with Gasteiger partial charge in [-0.1, -0.05) is 12.1 Å². The molecule has 5 nitrogen and oxygen atoms in total. The fourth-order valence-electron chi connectivity index (χ4n) is 1.45. The van der Waals surface area contributed by atoms with Crippen LogP contribution in [0.5, 0.6) is 5.75 Å². The van der Waals surface area contributed by atoms with Gasteiger partial charge in [-0.2, -0.15) is 0 Å². The van der Waals surface area contributed by atoms with Gasteiger partial charge in [-0.3, -0.25) is 9.59 Å². The van der Waals surface area contributed by atoms with E-state index in [4.69, 9.17) is 14.9 Å². The van der Waals surface area contributed by atoms with Gasteiger partial charge in [0.25, 0.3) is 0 Å². The molecule has 0 aromatic heterocycles. The first-order chi connectivity index (χ1) is 8.99. The van der Waals surface area contributed by atoms with E-state index in [2.05, 4.69) is 0 Å². The molecule has 19 heavy (non-hydrogen) atoms. The number of aliphatic hydroxyl groups is 1. The van der Waals surface area contributed by atoms with Crippen LogP contribution in [0.2, 0.25) is 0 Å². The zero-order valence-electron chi connectivity index (χ0n) is 10.8. The number of ether oxygens (including phenoxy) is 1. The van der Waals surface area contributed by atoms with E-state index in [1.807, 2.05) is 0 Å². The van der Waals surface area contributed by atoms with Crippen LogP contribution in [-0.2, 0) is 20.7 Å². The van der Waals surface area contributed by atoms with Gasteiger partial charge in [-0.25, -0.2) is 0 Å². The molecule has 0 spiro atoms. The lowest BCUT2D eigenvalue weighted by Crippen LogP contribution is -2.18. The molecule has 2 N–H and O–H groups in total. The Labute approximate surface area is 111 Å². The topological polar surface area (TPSA) is 83.8 Å². The number of hydrogen-bond donors (Lipinski definition) is 2. The summed E-state index contributed by atoms with van der Waals surface area (Å²) in [5.74, 6) is -0.624. The number of benzene rings is 1. The molecule has 0 amide bonds. The molecule has 0 saturated heterocycles. The van der Waals surface area contributed by atoms with Crippen LogP contribution < -0.4 is 0 Å². The summed E-state index contributed by atoms with van der Waals surface area (Å²) in [5, 5.41) is 18.1. The summed E-state index contributed by atoms with van der Waals surface area (Å²) in [6.07, 6.45) is -0.504. The van der Waals surface area contributed by atoms with Gasteiger partial charge in [0, 0.05) is 12.8 Å². The maximum atomic E-state index is 11.3. The first-order valence-electron chi connectivity index (χ1n) is 6.13. The number of hydrogen-bond acceptors (Lipinski definition) is 5. The summed E-state index contributed by atoms with van der Waals surface area (Å²) < 4.78 is 4.97. The van der Waals surface area contributed by atoms with E-state index in [0.29, 0.717) is 6.42 Å². The number of carbonyl (C=O) groups excluding carboxylic acids is 2. The second kappa shape index (κ2) is 7.53. The second-order valence-corrected chi connectivity index (χ2v) is 4.28. The summed E-state index contributed by atoms with van der Waals surface area (Å²) in [6, 6.07) is 6.64. The van der Waals surface area contributed by atoms with Crippen molar-refractivity contribution >= 4 is 11.8 Å². The first-order valence-corrected chi connectivity index (χ1v) is 6.13. The number of esters is 1. The Bertz CT molecular complexity index is 422. The molecule has 0 saturated carbocycles. The molecule has 1 rings (SSSR count). The third kappa shape index (κ3) is 6.01. The lowest BCUT2D eigenvalue weighted by atomic mass is 10.1. The summed E-state index contributed by atoms with van der Waals surface area (Å²) in [4.78, 5) is 22.4. The van der Waals surface area contributed by atoms with Gasteiger partial charge >= 0.3 is 5.97 Å². The van der Waals surface area contributed by atoms with Crippen LogP contribution in [-0.4, -0.2) is 34.7 Å². The Hall–Kier alpha value is -1.88. The summed E-state index contributed by atoms with van der Waals surface area (Å²) in [6.45, 7) is 1.60. The minimum atomic E-state index is -1.04. The van der Waals surface area contributed by atoms with Crippen LogP contribution in [0.15, 0.2) is 24.3 Å². The van der Waals surface area contributed by atoms with Crippen molar-refractivity contribution in [2.75, 3.05) is 6.61 Å². The zero-order valence-corrected chi connectivity index (χ0v) is 10.8. The van der Waals surface area contributed by atoms with Crippen LogP contribution >= 0.6 is 0 Å². The van der Waals surface area contributed by atoms with E-state index < -0.39 is 12.1 Å². The minimum Gasteiger partial charge on any atom is -0.508 e. The average Bonchev–Trinajstić information content (AvgIpc) is 2.38. The normalized spacial score (nSPS) is 11.9. The molecular formula is C14H18O5. The van der Waals surface area contributed by atoms with Crippen molar-refractivity contribution < 1.29 is 24.5 Å². The van der Waals surface area contributed by atoms with E-state index in [9.17, 15) is 9.59 Å². The average molecular weight is 266 g/mol. The highest BCUT2D eigenvalue weighted by Gasteiger charge is 2.12. The number of aliphatic hydroxyl groups excluding tert-OH is 1. The molecule has 1 aromatic carbocycles. The quantitative estimate of drug-likeness (QED) is 0.725. The van der Waals surface area contributed by atoms with Gasteiger partial charge in [-0.15, -0.1) is 0 Å². The molecule has 1 atom stereocenters. The maximum absolute atomic E-state index is 11.3. The van der Waals surface area contributed by atoms with Crippen LogP contribution in [0.25, 0.3) is 0 Å². The van der Waals surface area contributed by atoms with Gasteiger partial charge in [-0.05, 0) is 24.6 Å². The molecule has 0 aliphatic carbocycles. The van der Waals surface area contributed by atoms with E-state index >= 15 is 0 Å². The lowest BCUT2D eigenvalue weighted by Gasteiger charge is -2.06. The van der Waals surface area contributed by atoms with Gasteiger partial charge in [0.05, 0.1) is 13.0 Å². The van der Waals surface area contributed by atoms with E-state index in [1.165, 1.54) is 6.92 Å². The standard InChI is InChI=1S/C14H18O5/c1-10(15)13(17)6-7-14(18)19-9-8-11-2-4-12(16)5-3-11/h2-5,10,15-16H,6-9H2,1H3/t10-/m0/s1. The van der Waals surface area contributed by atoms with Crippen LogP contribution in [0.1, 0.15) is 25.3 Å². The van der Waals surface area contributed by atoms with Crippen LogP contribution in [0, 0.1) is 0 Å². The largest absolute Gasteiger partial charge is 0.508 e. The minimum absolute atomic E-state index is 0.00426. The van der Waals surface area contributed by atoms with E-state index in [0.717, 1.165) is 5.56 Å². The zero-order chi connectivity index (χ0) is 14.3. The Kier molecular flexibility index (Phi) is 6.02. The third-order valence-corrected chi connectivity index (χ3v) is 2.63. The number of phenolic OH excluding ortho intramolecular Hbond substituents is 1. The molecule has 0 fully saturated rings. The highest BCUT2D eigenvalue weighted by atomic mass is 16.5. The predicted octanol–water partition coefficient (Wildman–Crippen LogP) is 1.21. The Morgan fingerprint density at radius 2 is 1.84 bits per heavy atom. The molecule has 0 bridgehead atoms. The van der Waals surface area contributed by atoms with Crippen molar-refractivity contribution in [3.05, 3.63) is 29.8 Å². The van der Waals surface area contributed by atoms with Gasteiger partial charge < -0.3 is 14.9 Å². The lowest BCUT2D eigenvalue weighted by molar-refractivity contribution is -0.145. The highest BCUT2D eigenvalue weighted by molar-refractivity contribution is 5.85. The smallest absolute Gasteiger partial charge is 0.306 e. The van der Waals surface area contributed by atoms with Crippen molar-refractivity contribution in [3.8, 4) is 5.75 Å². The molecule has 0 aliphatic rings. The molecular weight excluding hydrogens is 248 g/mol. The SMILES string of the molecule is C[C@H](O)C(=O)CCC(=O)OCCc1ccc(O)cc1. The van der Waals surface area contributed by atoms with Crippen molar-refractivity contribution in [2.24, 2.45) is 0 Å². The molecule has 0 aliphatic heterocycles. The number of rotatable bonds is 7. The highest BCUT2D eigenvalue weighted by Crippen LogP contribution is 2.10. The number of aromatic hydroxyl groups is 1. The maximum Gasteiger partial charge on any atom is 0.306 e.